The average molecular weight is 462 g/mol. The normalized spacial score (nSPS) is 16.0. The van der Waals surface area contributed by atoms with E-state index < -0.39 is 47.9 Å². The van der Waals surface area contributed by atoms with Crippen molar-refractivity contribution in [3.05, 3.63) is 0 Å². The number of carbonyl (C=O) groups excluding carboxylic acids is 3. The second-order valence-electron chi connectivity index (χ2n) is 8.08. The number of carboxylic acid groups (broad SMARTS) is 1. The Morgan fingerprint density at radius 1 is 0.935 bits per heavy atom. The Morgan fingerprint density at radius 3 is 1.97 bits per heavy atom. The van der Waals surface area contributed by atoms with Gasteiger partial charge in [-0.3, -0.25) is 14.4 Å². The van der Waals surface area contributed by atoms with E-state index in [2.05, 4.69) is 28.6 Å². The molecule has 0 saturated carbocycles. The minimum Gasteiger partial charge on any atom is -0.480 e. The van der Waals surface area contributed by atoms with Crippen molar-refractivity contribution in [3.63, 3.8) is 0 Å². The quantitative estimate of drug-likeness (QED) is 0.128. The molecule has 0 bridgehead atoms. The number of carboxylic acids is 1. The van der Waals surface area contributed by atoms with Gasteiger partial charge in [0.1, 0.15) is 18.1 Å². The van der Waals surface area contributed by atoms with Crippen molar-refractivity contribution < 1.29 is 24.3 Å². The van der Waals surface area contributed by atoms with Crippen LogP contribution in [0.15, 0.2) is 0 Å². The zero-order valence-corrected chi connectivity index (χ0v) is 19.8. The maximum atomic E-state index is 12.8. The van der Waals surface area contributed by atoms with Crippen LogP contribution in [-0.4, -0.2) is 65.3 Å². The largest absolute Gasteiger partial charge is 0.480 e. The third kappa shape index (κ3) is 10.3. The van der Waals surface area contributed by atoms with Crippen molar-refractivity contribution in [2.24, 2.45) is 23.3 Å². The summed E-state index contributed by atoms with van der Waals surface area (Å²) in [5, 5.41) is 17.0. The average Bonchev–Trinajstić information content (AvgIpc) is 2.72. The van der Waals surface area contributed by atoms with E-state index in [0.29, 0.717) is 25.8 Å². The number of unbranched alkanes of at least 4 members (excludes halogenated alkanes) is 1. The van der Waals surface area contributed by atoms with Crippen molar-refractivity contribution in [2.75, 3.05) is 12.3 Å². The summed E-state index contributed by atoms with van der Waals surface area (Å²) in [4.78, 5) is 49.2. The maximum absolute atomic E-state index is 12.8. The molecule has 0 heterocycles. The van der Waals surface area contributed by atoms with Gasteiger partial charge in [-0.2, -0.15) is 12.6 Å². The lowest BCUT2D eigenvalue weighted by molar-refractivity contribution is -0.144. The number of thiol groups is 1. The monoisotopic (exact) mass is 461 g/mol. The Kier molecular flexibility index (Phi) is 14.1. The molecule has 0 radical (unpaired) electrons. The lowest BCUT2D eigenvalue weighted by atomic mass is 9.96. The predicted molar refractivity (Wildman–Crippen MR) is 122 cm³/mol. The van der Waals surface area contributed by atoms with Crippen molar-refractivity contribution >= 4 is 36.3 Å². The first-order valence-corrected chi connectivity index (χ1v) is 11.3. The molecule has 10 nitrogen and oxygen atoms in total. The van der Waals surface area contributed by atoms with Crippen LogP contribution in [-0.2, 0) is 19.2 Å². The van der Waals surface area contributed by atoms with Crippen LogP contribution in [0.2, 0.25) is 0 Å². The number of hydrogen-bond donors (Lipinski definition) is 7. The van der Waals surface area contributed by atoms with Crippen LogP contribution in [0, 0.1) is 11.8 Å². The lowest BCUT2D eigenvalue weighted by Crippen LogP contribution is -2.59. The molecular formula is C20H39N5O5S. The van der Waals surface area contributed by atoms with Gasteiger partial charge in [0.2, 0.25) is 17.7 Å². The van der Waals surface area contributed by atoms with E-state index in [1.54, 1.807) is 20.8 Å². The Balaban J connectivity index is 5.20. The number of hydrogen-bond acceptors (Lipinski definition) is 7. The van der Waals surface area contributed by atoms with E-state index in [4.69, 9.17) is 11.5 Å². The van der Waals surface area contributed by atoms with Gasteiger partial charge in [-0.05, 0) is 31.2 Å². The van der Waals surface area contributed by atoms with Gasteiger partial charge in [-0.1, -0.05) is 40.5 Å². The smallest absolute Gasteiger partial charge is 0.326 e. The minimum atomic E-state index is -1.15. The molecule has 5 unspecified atom stereocenters. The van der Waals surface area contributed by atoms with Crippen LogP contribution < -0.4 is 27.4 Å². The lowest BCUT2D eigenvalue weighted by Gasteiger charge is -2.28. The standard InChI is InChI=1S/C20H39N5O5S/c1-5-12(4)16(19(28)24-15(11(2)3)20(29)30)25-18(27)14(10-31)23-17(26)13(22)8-6-7-9-21/h11-16,31H,5-10,21-22H2,1-4H3,(H,23,26)(H,24,28)(H,25,27)(H,29,30). The molecule has 31 heavy (non-hydrogen) atoms. The molecule has 0 spiro atoms. The number of rotatable bonds is 15. The summed E-state index contributed by atoms with van der Waals surface area (Å²) in [7, 11) is 0. The summed E-state index contributed by atoms with van der Waals surface area (Å²) < 4.78 is 0. The first-order valence-electron chi connectivity index (χ1n) is 10.7. The van der Waals surface area contributed by atoms with Gasteiger partial charge < -0.3 is 32.5 Å². The molecule has 11 heteroatoms. The molecule has 0 saturated heterocycles. The van der Waals surface area contributed by atoms with Gasteiger partial charge in [0.25, 0.3) is 0 Å². The van der Waals surface area contributed by atoms with Crippen molar-refractivity contribution in [2.45, 2.75) is 77.5 Å². The first kappa shape index (κ1) is 29.1. The highest BCUT2D eigenvalue weighted by Gasteiger charge is 2.33. The minimum absolute atomic E-state index is 0.00564. The van der Waals surface area contributed by atoms with Crippen LogP contribution in [0.5, 0.6) is 0 Å². The molecule has 5 atom stereocenters. The predicted octanol–water partition coefficient (Wildman–Crippen LogP) is -0.386. The molecule has 180 valence electrons. The van der Waals surface area contributed by atoms with Gasteiger partial charge in [0, 0.05) is 5.75 Å². The molecule has 0 rings (SSSR count). The third-order valence-electron chi connectivity index (χ3n) is 5.15. The second-order valence-corrected chi connectivity index (χ2v) is 8.44. The fourth-order valence-electron chi connectivity index (χ4n) is 2.82. The van der Waals surface area contributed by atoms with Gasteiger partial charge in [0.15, 0.2) is 0 Å². The van der Waals surface area contributed by atoms with E-state index in [1.165, 1.54) is 0 Å². The van der Waals surface area contributed by atoms with Crippen molar-refractivity contribution in [1.82, 2.24) is 16.0 Å². The fourth-order valence-corrected chi connectivity index (χ4v) is 3.08. The van der Waals surface area contributed by atoms with Crippen LogP contribution in [0.4, 0.5) is 0 Å². The van der Waals surface area contributed by atoms with Crippen LogP contribution >= 0.6 is 12.6 Å². The van der Waals surface area contributed by atoms with Crippen LogP contribution in [0.1, 0.15) is 53.4 Å². The van der Waals surface area contributed by atoms with E-state index in [1.807, 2.05) is 6.92 Å². The zero-order chi connectivity index (χ0) is 24.1. The van der Waals surface area contributed by atoms with E-state index in [0.717, 1.165) is 6.42 Å². The summed E-state index contributed by atoms with van der Waals surface area (Å²) in [6.07, 6.45) is 2.45. The van der Waals surface area contributed by atoms with E-state index >= 15 is 0 Å². The number of amides is 3. The molecule has 0 aromatic heterocycles. The highest BCUT2D eigenvalue weighted by atomic mass is 32.1. The van der Waals surface area contributed by atoms with Crippen molar-refractivity contribution in [3.8, 4) is 0 Å². The fraction of sp³-hybridized carbons (Fsp3) is 0.800. The first-order chi connectivity index (χ1) is 14.5. The molecule has 0 fully saturated rings. The Labute approximate surface area is 190 Å². The number of nitrogens with two attached hydrogens (primary N) is 2. The Bertz CT molecular complexity index is 605. The summed E-state index contributed by atoms with van der Waals surface area (Å²) in [5.41, 5.74) is 11.3. The molecule has 0 aliphatic heterocycles. The molecule has 0 aromatic rings. The van der Waals surface area contributed by atoms with E-state index in [9.17, 15) is 24.3 Å². The SMILES string of the molecule is CCC(C)C(NC(=O)C(CS)NC(=O)C(N)CCCCN)C(=O)NC(C(=O)O)C(C)C. The molecule has 3 amide bonds. The summed E-state index contributed by atoms with van der Waals surface area (Å²) >= 11 is 4.13. The van der Waals surface area contributed by atoms with Gasteiger partial charge in [-0.15, -0.1) is 0 Å². The van der Waals surface area contributed by atoms with E-state index in [-0.39, 0.29) is 17.6 Å². The third-order valence-corrected chi connectivity index (χ3v) is 5.51. The summed E-state index contributed by atoms with van der Waals surface area (Å²) in [6.45, 7) is 7.50. The molecule has 0 aromatic carbocycles. The number of aliphatic carboxylic acids is 1. The zero-order valence-electron chi connectivity index (χ0n) is 18.9. The number of carbonyl (C=O) groups is 4. The molecule has 8 N–H and O–H groups in total. The molecule has 0 aliphatic carbocycles. The highest BCUT2D eigenvalue weighted by Crippen LogP contribution is 2.11. The molecular weight excluding hydrogens is 422 g/mol. The van der Waals surface area contributed by atoms with Crippen molar-refractivity contribution in [1.29, 1.82) is 0 Å². The summed E-state index contributed by atoms with van der Waals surface area (Å²) in [5.74, 6) is -3.41. The van der Waals surface area contributed by atoms with Gasteiger partial charge in [-0.25, -0.2) is 4.79 Å². The molecule has 0 aliphatic rings. The Morgan fingerprint density at radius 2 is 1.52 bits per heavy atom. The maximum Gasteiger partial charge on any atom is 0.326 e. The highest BCUT2D eigenvalue weighted by molar-refractivity contribution is 7.80. The second kappa shape index (κ2) is 15.0. The topological polar surface area (TPSA) is 177 Å². The Hall–Kier alpha value is -1.85. The number of nitrogens with one attached hydrogen (secondary N) is 3. The van der Waals surface area contributed by atoms with Crippen LogP contribution in [0.25, 0.3) is 0 Å². The summed E-state index contributed by atoms with van der Waals surface area (Å²) in [6, 6.07) is -3.81. The van der Waals surface area contributed by atoms with Gasteiger partial charge in [0.05, 0.1) is 6.04 Å². The van der Waals surface area contributed by atoms with Gasteiger partial charge >= 0.3 is 5.97 Å². The van der Waals surface area contributed by atoms with Crippen LogP contribution in [0.3, 0.4) is 0 Å².